The van der Waals surface area contributed by atoms with Gasteiger partial charge in [-0.25, -0.2) is 0 Å². The number of piperidine rings is 1. The van der Waals surface area contributed by atoms with E-state index in [1.54, 1.807) is 0 Å². The number of carbonyl (C=O) groups is 1. The third-order valence-electron chi connectivity index (χ3n) is 4.58. The van der Waals surface area contributed by atoms with Crippen molar-refractivity contribution in [2.45, 2.75) is 50.3 Å². The molecule has 2 heterocycles. The molecule has 3 atom stereocenters. The first-order chi connectivity index (χ1) is 10.9. The minimum Gasteiger partial charge on any atom is -0.481 e. The van der Waals surface area contributed by atoms with Crippen molar-refractivity contribution in [3.8, 4) is 0 Å². The van der Waals surface area contributed by atoms with Crippen molar-refractivity contribution in [3.05, 3.63) is 39.9 Å². The molecule has 1 unspecified atom stereocenters. The number of nitrogens with zero attached hydrogens (tertiary/aromatic N) is 2. The summed E-state index contributed by atoms with van der Waals surface area (Å²) in [5.74, 6) is -0.950. The van der Waals surface area contributed by atoms with Gasteiger partial charge in [0.15, 0.2) is 0 Å². The Hall–Kier alpha value is -1.70. The number of benzene rings is 1. The van der Waals surface area contributed by atoms with E-state index in [0.29, 0.717) is 17.6 Å². The second-order valence-corrected chi connectivity index (χ2v) is 6.17. The number of fused-ring (bicyclic) bond motifs is 2. The Morgan fingerprint density at radius 1 is 1.25 bits per heavy atom. The van der Waals surface area contributed by atoms with Crippen LogP contribution in [0.3, 0.4) is 0 Å². The van der Waals surface area contributed by atoms with Crippen molar-refractivity contribution in [1.29, 1.82) is 0 Å². The van der Waals surface area contributed by atoms with Gasteiger partial charge in [0, 0.05) is 24.2 Å². The standard InChI is InChI=1S/C8H7NO4.C8H15NO.ClH/c10-8(11)5-6-1-3-7(4-2-6)9(12)13;1-9-6-2-3-7(9)5-8(10)4-6;/h1-4H,5H2,(H,10,11);6-8,10H,2-5H2,1H3;1H/t;6-,7+,8?;. The van der Waals surface area contributed by atoms with E-state index < -0.39 is 10.9 Å². The summed E-state index contributed by atoms with van der Waals surface area (Å²) in [5, 5.41) is 28.0. The highest BCUT2D eigenvalue weighted by Gasteiger charge is 2.37. The molecule has 7 nitrogen and oxygen atoms in total. The van der Waals surface area contributed by atoms with E-state index >= 15 is 0 Å². The normalized spacial score (nSPS) is 25.2. The van der Waals surface area contributed by atoms with Gasteiger partial charge in [-0.15, -0.1) is 12.4 Å². The van der Waals surface area contributed by atoms with Gasteiger partial charge < -0.3 is 15.1 Å². The Morgan fingerprint density at radius 2 is 1.75 bits per heavy atom. The molecule has 1 aromatic carbocycles. The lowest BCUT2D eigenvalue weighted by atomic mass is 10.0. The first-order valence-corrected chi connectivity index (χ1v) is 7.72. The molecule has 0 amide bonds. The summed E-state index contributed by atoms with van der Waals surface area (Å²) in [7, 11) is 2.19. The molecule has 2 aliphatic rings. The van der Waals surface area contributed by atoms with Crippen LogP contribution in [0.1, 0.15) is 31.2 Å². The molecule has 0 saturated carbocycles. The zero-order chi connectivity index (χ0) is 17.0. The minimum absolute atomic E-state index is 0. The van der Waals surface area contributed by atoms with E-state index in [1.165, 1.54) is 37.1 Å². The lowest BCUT2D eigenvalue weighted by molar-refractivity contribution is -0.384. The molecule has 2 fully saturated rings. The van der Waals surface area contributed by atoms with E-state index in [9.17, 15) is 20.0 Å². The summed E-state index contributed by atoms with van der Waals surface area (Å²) in [6, 6.07) is 6.83. The molecule has 8 heteroatoms. The van der Waals surface area contributed by atoms with Crippen LogP contribution in [0.5, 0.6) is 0 Å². The number of aliphatic carboxylic acids is 1. The van der Waals surface area contributed by atoms with E-state index in [1.807, 2.05) is 0 Å². The third kappa shape index (κ3) is 5.43. The van der Waals surface area contributed by atoms with Crippen LogP contribution >= 0.6 is 12.4 Å². The number of nitro groups is 1. The van der Waals surface area contributed by atoms with Crippen molar-refractivity contribution >= 4 is 24.1 Å². The van der Waals surface area contributed by atoms with Crippen LogP contribution in [0, 0.1) is 10.1 Å². The lowest BCUT2D eigenvalue weighted by Crippen LogP contribution is -2.41. The van der Waals surface area contributed by atoms with Gasteiger partial charge in [-0.1, -0.05) is 12.1 Å². The van der Waals surface area contributed by atoms with E-state index in [-0.39, 0.29) is 30.6 Å². The molecular formula is C16H23ClN2O5. The second-order valence-electron chi connectivity index (χ2n) is 6.17. The zero-order valence-electron chi connectivity index (χ0n) is 13.5. The summed E-state index contributed by atoms with van der Waals surface area (Å²) < 4.78 is 0. The average molecular weight is 359 g/mol. The summed E-state index contributed by atoms with van der Waals surface area (Å²) >= 11 is 0. The lowest BCUT2D eigenvalue weighted by Gasteiger charge is -2.33. The molecule has 2 aliphatic heterocycles. The molecule has 3 rings (SSSR count). The molecular weight excluding hydrogens is 336 g/mol. The van der Waals surface area contributed by atoms with Crippen LogP contribution in [0.25, 0.3) is 0 Å². The Balaban J connectivity index is 0.000000236. The van der Waals surface area contributed by atoms with Crippen molar-refractivity contribution in [1.82, 2.24) is 4.90 Å². The average Bonchev–Trinajstić information content (AvgIpc) is 2.71. The number of carboxylic acid groups (broad SMARTS) is 1. The summed E-state index contributed by atoms with van der Waals surface area (Å²) in [5.41, 5.74) is 0.521. The van der Waals surface area contributed by atoms with Crippen LogP contribution in [0.4, 0.5) is 5.69 Å². The highest BCUT2D eigenvalue weighted by atomic mass is 35.5. The maximum absolute atomic E-state index is 10.3. The van der Waals surface area contributed by atoms with Gasteiger partial charge in [0.1, 0.15) is 0 Å². The Labute approximate surface area is 146 Å². The van der Waals surface area contributed by atoms with Gasteiger partial charge in [-0.2, -0.15) is 0 Å². The summed E-state index contributed by atoms with van der Waals surface area (Å²) in [6.45, 7) is 0. The smallest absolute Gasteiger partial charge is 0.307 e. The first-order valence-electron chi connectivity index (χ1n) is 7.72. The molecule has 2 bridgehead atoms. The van der Waals surface area contributed by atoms with Crippen LogP contribution in [0.2, 0.25) is 0 Å². The van der Waals surface area contributed by atoms with E-state index in [0.717, 1.165) is 12.8 Å². The number of nitro benzene ring substituents is 1. The van der Waals surface area contributed by atoms with E-state index in [4.69, 9.17) is 5.11 Å². The maximum atomic E-state index is 10.3. The van der Waals surface area contributed by atoms with Crippen LogP contribution in [-0.2, 0) is 11.2 Å². The van der Waals surface area contributed by atoms with Crippen LogP contribution in [0.15, 0.2) is 24.3 Å². The number of hydrogen-bond acceptors (Lipinski definition) is 5. The summed E-state index contributed by atoms with van der Waals surface area (Å²) in [4.78, 5) is 22.4. The van der Waals surface area contributed by atoms with Gasteiger partial charge in [0.25, 0.3) is 5.69 Å². The predicted molar refractivity (Wildman–Crippen MR) is 91.5 cm³/mol. The molecule has 0 radical (unpaired) electrons. The molecule has 2 N–H and O–H groups in total. The SMILES string of the molecule is CN1[C@@H]2CC[C@H]1CC(O)C2.Cl.O=C(O)Cc1ccc([N+](=O)[O-])cc1. The monoisotopic (exact) mass is 358 g/mol. The quantitative estimate of drug-likeness (QED) is 0.634. The van der Waals surface area contributed by atoms with Gasteiger partial charge >= 0.3 is 5.97 Å². The molecule has 1 aromatic rings. The molecule has 0 aromatic heterocycles. The number of aliphatic hydroxyl groups excluding tert-OH is 1. The highest BCUT2D eigenvalue weighted by molar-refractivity contribution is 5.85. The Kier molecular flexibility index (Phi) is 7.59. The number of carboxylic acids is 1. The fourth-order valence-corrected chi connectivity index (χ4v) is 3.29. The maximum Gasteiger partial charge on any atom is 0.307 e. The predicted octanol–water partition coefficient (Wildman–Crippen LogP) is 2.25. The van der Waals surface area contributed by atoms with Crippen molar-refractivity contribution in [3.63, 3.8) is 0 Å². The minimum atomic E-state index is -0.950. The van der Waals surface area contributed by atoms with Crippen molar-refractivity contribution in [2.24, 2.45) is 0 Å². The Morgan fingerprint density at radius 3 is 2.17 bits per heavy atom. The number of rotatable bonds is 3. The molecule has 0 spiro atoms. The van der Waals surface area contributed by atoms with Gasteiger partial charge in [-0.3, -0.25) is 14.9 Å². The highest BCUT2D eigenvalue weighted by Crippen LogP contribution is 2.33. The van der Waals surface area contributed by atoms with Crippen LogP contribution in [-0.4, -0.2) is 51.2 Å². The molecule has 0 aliphatic carbocycles. The zero-order valence-corrected chi connectivity index (χ0v) is 14.3. The van der Waals surface area contributed by atoms with Gasteiger partial charge in [0.05, 0.1) is 17.4 Å². The van der Waals surface area contributed by atoms with Crippen molar-refractivity contribution in [2.75, 3.05) is 7.05 Å². The number of aliphatic hydroxyl groups is 1. The number of non-ortho nitro benzene ring substituents is 1. The van der Waals surface area contributed by atoms with Gasteiger partial charge in [0.2, 0.25) is 0 Å². The van der Waals surface area contributed by atoms with Crippen LogP contribution < -0.4 is 0 Å². The number of halogens is 1. The topological polar surface area (TPSA) is 104 Å². The van der Waals surface area contributed by atoms with Crippen molar-refractivity contribution < 1.29 is 19.9 Å². The number of hydrogen-bond donors (Lipinski definition) is 2. The summed E-state index contributed by atoms with van der Waals surface area (Å²) in [6.07, 6.45) is 4.50. The second kappa shape index (κ2) is 8.96. The molecule has 134 valence electrons. The first kappa shape index (κ1) is 20.3. The molecule has 2 saturated heterocycles. The Bertz CT molecular complexity index is 552. The molecule has 24 heavy (non-hydrogen) atoms. The fraction of sp³-hybridized carbons (Fsp3) is 0.562. The van der Waals surface area contributed by atoms with Gasteiger partial charge in [-0.05, 0) is 38.3 Å². The largest absolute Gasteiger partial charge is 0.481 e. The van der Waals surface area contributed by atoms with E-state index in [2.05, 4.69) is 11.9 Å². The fourth-order valence-electron chi connectivity index (χ4n) is 3.29. The third-order valence-corrected chi connectivity index (χ3v) is 4.58.